The molecule has 0 amide bonds. The van der Waals surface area contributed by atoms with Crippen LogP contribution in [0, 0.1) is 0 Å². The summed E-state index contributed by atoms with van der Waals surface area (Å²) < 4.78 is 1.82. The summed E-state index contributed by atoms with van der Waals surface area (Å²) in [5.41, 5.74) is 1.21. The summed E-state index contributed by atoms with van der Waals surface area (Å²) in [5.74, 6) is 0. The van der Waals surface area contributed by atoms with E-state index >= 15 is 0 Å². The van der Waals surface area contributed by atoms with Gasteiger partial charge in [-0.3, -0.25) is 4.68 Å². The predicted molar refractivity (Wildman–Crippen MR) is 63.0 cm³/mol. The van der Waals surface area contributed by atoms with Gasteiger partial charge >= 0.3 is 0 Å². The van der Waals surface area contributed by atoms with E-state index < -0.39 is 0 Å². The van der Waals surface area contributed by atoms with Gasteiger partial charge in [0.2, 0.25) is 0 Å². The molecule has 1 saturated carbocycles. The van der Waals surface area contributed by atoms with E-state index in [0.29, 0.717) is 12.1 Å². The normalized spacial score (nSPS) is 27.9. The number of rotatable bonds is 3. The summed E-state index contributed by atoms with van der Waals surface area (Å²) in [6.07, 6.45) is 7.95. The third-order valence-corrected chi connectivity index (χ3v) is 3.36. The van der Waals surface area contributed by atoms with Crippen molar-refractivity contribution < 1.29 is 5.11 Å². The lowest BCUT2D eigenvalue weighted by atomic mass is 9.92. The molecule has 4 heteroatoms. The molecule has 1 aromatic heterocycles. The van der Waals surface area contributed by atoms with Gasteiger partial charge < -0.3 is 10.4 Å². The molecule has 90 valence electrons. The van der Waals surface area contributed by atoms with Crippen LogP contribution in [0.2, 0.25) is 0 Å². The van der Waals surface area contributed by atoms with Gasteiger partial charge in [-0.1, -0.05) is 0 Å². The van der Waals surface area contributed by atoms with Crippen molar-refractivity contribution in [1.82, 2.24) is 15.1 Å². The Morgan fingerprint density at radius 1 is 1.56 bits per heavy atom. The zero-order valence-electron chi connectivity index (χ0n) is 10.1. The minimum Gasteiger partial charge on any atom is -0.393 e. The molecule has 0 spiro atoms. The highest BCUT2D eigenvalue weighted by molar-refractivity contribution is 5.09. The molecule has 0 radical (unpaired) electrons. The van der Waals surface area contributed by atoms with Crippen molar-refractivity contribution in [2.24, 2.45) is 7.05 Å². The van der Waals surface area contributed by atoms with Crippen LogP contribution in [0.3, 0.4) is 0 Å². The molecule has 1 fully saturated rings. The van der Waals surface area contributed by atoms with Crippen molar-refractivity contribution in [3.63, 3.8) is 0 Å². The molecule has 4 nitrogen and oxygen atoms in total. The third-order valence-electron chi connectivity index (χ3n) is 3.36. The Morgan fingerprint density at radius 3 is 3.00 bits per heavy atom. The van der Waals surface area contributed by atoms with Crippen LogP contribution in [0.25, 0.3) is 0 Å². The Balaban J connectivity index is 1.89. The highest BCUT2D eigenvalue weighted by atomic mass is 16.3. The summed E-state index contributed by atoms with van der Waals surface area (Å²) in [4.78, 5) is 0. The fourth-order valence-corrected chi connectivity index (χ4v) is 2.43. The van der Waals surface area contributed by atoms with E-state index in [1.165, 1.54) is 12.0 Å². The Morgan fingerprint density at radius 2 is 2.38 bits per heavy atom. The molecule has 1 heterocycles. The van der Waals surface area contributed by atoms with Crippen molar-refractivity contribution in [3.05, 3.63) is 18.0 Å². The first-order valence-corrected chi connectivity index (χ1v) is 6.08. The first-order chi connectivity index (χ1) is 7.65. The molecule has 16 heavy (non-hydrogen) atoms. The average molecular weight is 223 g/mol. The zero-order chi connectivity index (χ0) is 11.5. The maximum atomic E-state index is 9.61. The molecule has 3 unspecified atom stereocenters. The largest absolute Gasteiger partial charge is 0.393 e. The summed E-state index contributed by atoms with van der Waals surface area (Å²) in [7, 11) is 1.93. The number of hydrogen-bond donors (Lipinski definition) is 2. The van der Waals surface area contributed by atoms with Gasteiger partial charge in [0, 0.05) is 30.9 Å². The second-order valence-corrected chi connectivity index (χ2v) is 4.85. The lowest BCUT2D eigenvalue weighted by molar-refractivity contribution is 0.109. The van der Waals surface area contributed by atoms with E-state index in [2.05, 4.69) is 17.3 Å². The fourth-order valence-electron chi connectivity index (χ4n) is 2.43. The molecule has 1 aliphatic carbocycles. The van der Waals surface area contributed by atoms with Gasteiger partial charge in [-0.2, -0.15) is 5.10 Å². The van der Waals surface area contributed by atoms with Crippen molar-refractivity contribution in [2.45, 2.75) is 50.8 Å². The molecule has 0 aromatic carbocycles. The number of nitrogens with one attached hydrogen (secondary N) is 1. The highest BCUT2D eigenvalue weighted by Crippen LogP contribution is 2.21. The molecule has 1 aliphatic rings. The highest BCUT2D eigenvalue weighted by Gasteiger charge is 2.21. The first kappa shape index (κ1) is 11.6. The van der Waals surface area contributed by atoms with Crippen LogP contribution in [0.15, 0.2) is 12.4 Å². The van der Waals surface area contributed by atoms with Crippen molar-refractivity contribution >= 4 is 0 Å². The monoisotopic (exact) mass is 223 g/mol. The van der Waals surface area contributed by atoms with E-state index in [0.717, 1.165) is 19.3 Å². The van der Waals surface area contributed by atoms with Crippen LogP contribution < -0.4 is 5.32 Å². The van der Waals surface area contributed by atoms with Gasteiger partial charge in [0.25, 0.3) is 0 Å². The lowest BCUT2D eigenvalue weighted by Gasteiger charge is -2.29. The number of aliphatic hydroxyl groups is 1. The summed E-state index contributed by atoms with van der Waals surface area (Å²) in [5, 5.41) is 17.3. The van der Waals surface area contributed by atoms with Gasteiger partial charge in [-0.15, -0.1) is 0 Å². The Labute approximate surface area is 96.7 Å². The fraction of sp³-hybridized carbons (Fsp3) is 0.750. The SMILES string of the molecule is CC(NC1CCCC(O)C1)c1cnn(C)c1. The predicted octanol–water partition coefficient (Wildman–Crippen LogP) is 1.37. The minimum absolute atomic E-state index is 0.118. The summed E-state index contributed by atoms with van der Waals surface area (Å²) in [6.45, 7) is 2.15. The van der Waals surface area contributed by atoms with Crippen LogP contribution in [0.5, 0.6) is 0 Å². The third kappa shape index (κ3) is 2.83. The second kappa shape index (κ2) is 4.97. The van der Waals surface area contributed by atoms with Crippen LogP contribution in [0.1, 0.15) is 44.2 Å². The van der Waals surface area contributed by atoms with Crippen LogP contribution in [-0.2, 0) is 7.05 Å². The maximum Gasteiger partial charge on any atom is 0.0555 e. The van der Waals surface area contributed by atoms with Crippen molar-refractivity contribution in [2.75, 3.05) is 0 Å². The number of nitrogens with zero attached hydrogens (tertiary/aromatic N) is 2. The van der Waals surface area contributed by atoms with Gasteiger partial charge in [0.05, 0.1) is 12.3 Å². The van der Waals surface area contributed by atoms with Crippen LogP contribution in [-0.4, -0.2) is 27.0 Å². The first-order valence-electron chi connectivity index (χ1n) is 6.08. The van der Waals surface area contributed by atoms with E-state index in [-0.39, 0.29) is 6.10 Å². The molecule has 1 aromatic rings. The minimum atomic E-state index is -0.118. The van der Waals surface area contributed by atoms with Gasteiger partial charge in [0.1, 0.15) is 0 Å². The molecule has 2 rings (SSSR count). The number of aromatic nitrogens is 2. The summed E-state index contributed by atoms with van der Waals surface area (Å²) >= 11 is 0. The van der Waals surface area contributed by atoms with E-state index in [4.69, 9.17) is 0 Å². The molecule has 0 saturated heterocycles. The molecular formula is C12H21N3O. The number of hydrogen-bond acceptors (Lipinski definition) is 3. The van der Waals surface area contributed by atoms with E-state index in [1.54, 1.807) is 0 Å². The Kier molecular flexibility index (Phi) is 3.61. The zero-order valence-corrected chi connectivity index (χ0v) is 10.1. The average Bonchev–Trinajstić information content (AvgIpc) is 2.65. The maximum absolute atomic E-state index is 9.61. The summed E-state index contributed by atoms with van der Waals surface area (Å²) in [6, 6.07) is 0.753. The number of aryl methyl sites for hydroxylation is 1. The van der Waals surface area contributed by atoms with Crippen LogP contribution >= 0.6 is 0 Å². The number of aliphatic hydroxyl groups excluding tert-OH is 1. The standard InChI is InChI=1S/C12H21N3O/c1-9(10-7-13-15(2)8-10)14-11-4-3-5-12(16)6-11/h7-9,11-12,14,16H,3-6H2,1-2H3. The second-order valence-electron chi connectivity index (χ2n) is 4.85. The molecule has 0 bridgehead atoms. The van der Waals surface area contributed by atoms with Gasteiger partial charge in [0.15, 0.2) is 0 Å². The quantitative estimate of drug-likeness (QED) is 0.814. The van der Waals surface area contributed by atoms with Crippen molar-refractivity contribution in [3.8, 4) is 0 Å². The molecule has 0 aliphatic heterocycles. The Hall–Kier alpha value is -0.870. The smallest absolute Gasteiger partial charge is 0.0555 e. The molecule has 3 atom stereocenters. The van der Waals surface area contributed by atoms with E-state index in [1.807, 2.05) is 24.1 Å². The molecule has 2 N–H and O–H groups in total. The Bertz CT molecular complexity index is 337. The van der Waals surface area contributed by atoms with Crippen molar-refractivity contribution in [1.29, 1.82) is 0 Å². The van der Waals surface area contributed by atoms with Gasteiger partial charge in [-0.05, 0) is 32.6 Å². The lowest BCUT2D eigenvalue weighted by Crippen LogP contribution is -2.37. The van der Waals surface area contributed by atoms with Gasteiger partial charge in [-0.25, -0.2) is 0 Å². The molecular weight excluding hydrogens is 202 g/mol. The van der Waals surface area contributed by atoms with E-state index in [9.17, 15) is 5.11 Å². The van der Waals surface area contributed by atoms with Crippen LogP contribution in [0.4, 0.5) is 0 Å². The topological polar surface area (TPSA) is 50.1 Å².